The van der Waals surface area contributed by atoms with Crippen LogP contribution in [0, 0.1) is 17.7 Å². The molecule has 19 heavy (non-hydrogen) atoms. The fourth-order valence-corrected chi connectivity index (χ4v) is 3.18. The third kappa shape index (κ3) is 4.04. The molecule has 1 saturated carbocycles. The van der Waals surface area contributed by atoms with Crippen LogP contribution in [-0.4, -0.2) is 6.04 Å². The molecule has 0 aliphatic heterocycles. The van der Waals surface area contributed by atoms with Crippen molar-refractivity contribution in [3.63, 3.8) is 0 Å². The normalized spacial score (nSPS) is 25.5. The van der Waals surface area contributed by atoms with E-state index in [1.54, 1.807) is 12.1 Å². The standard InChI is InChI=1S/C17H26FN/c1-12(2)14-7-9-17(10-8-14)19-13(3)15-5-4-6-16(18)11-15/h4-6,11-14,17,19H,7-10H2,1-3H3. The summed E-state index contributed by atoms with van der Waals surface area (Å²) in [6.45, 7) is 6.78. The first-order valence-electron chi connectivity index (χ1n) is 7.57. The van der Waals surface area contributed by atoms with E-state index in [0.717, 1.165) is 17.4 Å². The van der Waals surface area contributed by atoms with E-state index in [0.29, 0.717) is 6.04 Å². The van der Waals surface area contributed by atoms with Gasteiger partial charge in [-0.15, -0.1) is 0 Å². The highest BCUT2D eigenvalue weighted by Crippen LogP contribution is 2.30. The van der Waals surface area contributed by atoms with E-state index in [4.69, 9.17) is 0 Å². The van der Waals surface area contributed by atoms with Gasteiger partial charge in [-0.05, 0) is 62.1 Å². The van der Waals surface area contributed by atoms with Crippen molar-refractivity contribution in [1.29, 1.82) is 0 Å². The molecule has 106 valence electrons. The van der Waals surface area contributed by atoms with E-state index in [1.165, 1.54) is 31.7 Å². The molecule has 1 aromatic rings. The lowest BCUT2D eigenvalue weighted by Gasteiger charge is -2.33. The lowest BCUT2D eigenvalue weighted by molar-refractivity contribution is 0.231. The van der Waals surface area contributed by atoms with E-state index in [-0.39, 0.29) is 11.9 Å². The van der Waals surface area contributed by atoms with Crippen molar-refractivity contribution in [2.75, 3.05) is 0 Å². The van der Waals surface area contributed by atoms with Gasteiger partial charge in [0.2, 0.25) is 0 Å². The van der Waals surface area contributed by atoms with Gasteiger partial charge in [0.1, 0.15) is 5.82 Å². The van der Waals surface area contributed by atoms with Crippen LogP contribution in [0.15, 0.2) is 24.3 Å². The predicted molar refractivity (Wildman–Crippen MR) is 78.5 cm³/mol. The monoisotopic (exact) mass is 263 g/mol. The summed E-state index contributed by atoms with van der Waals surface area (Å²) in [7, 11) is 0. The molecule has 2 heteroatoms. The van der Waals surface area contributed by atoms with Crippen LogP contribution in [0.25, 0.3) is 0 Å². The summed E-state index contributed by atoms with van der Waals surface area (Å²) in [6, 6.07) is 7.75. The topological polar surface area (TPSA) is 12.0 Å². The van der Waals surface area contributed by atoms with Crippen molar-refractivity contribution in [3.05, 3.63) is 35.6 Å². The van der Waals surface area contributed by atoms with Crippen molar-refractivity contribution in [1.82, 2.24) is 5.32 Å². The van der Waals surface area contributed by atoms with Crippen molar-refractivity contribution >= 4 is 0 Å². The first-order chi connectivity index (χ1) is 9.06. The van der Waals surface area contributed by atoms with Gasteiger partial charge in [-0.2, -0.15) is 0 Å². The van der Waals surface area contributed by atoms with Crippen LogP contribution in [0.3, 0.4) is 0 Å². The molecule has 0 saturated heterocycles. The zero-order chi connectivity index (χ0) is 13.8. The van der Waals surface area contributed by atoms with E-state index in [2.05, 4.69) is 26.1 Å². The Labute approximate surface area is 116 Å². The number of nitrogens with one attached hydrogen (secondary N) is 1. The Bertz CT molecular complexity index is 394. The highest BCUT2D eigenvalue weighted by Gasteiger charge is 2.24. The van der Waals surface area contributed by atoms with Crippen molar-refractivity contribution < 1.29 is 4.39 Å². The molecule has 1 nitrogen and oxygen atoms in total. The molecule has 0 spiro atoms. The van der Waals surface area contributed by atoms with Gasteiger partial charge >= 0.3 is 0 Å². The third-order valence-corrected chi connectivity index (χ3v) is 4.55. The number of hydrogen-bond donors (Lipinski definition) is 1. The molecule has 1 aliphatic rings. The maximum Gasteiger partial charge on any atom is 0.123 e. The SMILES string of the molecule is CC(NC1CCC(C(C)C)CC1)c1cccc(F)c1. The van der Waals surface area contributed by atoms with E-state index < -0.39 is 0 Å². The Morgan fingerprint density at radius 2 is 1.79 bits per heavy atom. The van der Waals surface area contributed by atoms with Gasteiger partial charge in [-0.3, -0.25) is 0 Å². The second-order valence-corrected chi connectivity index (χ2v) is 6.30. The van der Waals surface area contributed by atoms with Crippen molar-refractivity contribution in [3.8, 4) is 0 Å². The minimum absolute atomic E-state index is 0.144. The second kappa shape index (κ2) is 6.51. The van der Waals surface area contributed by atoms with E-state index in [1.807, 2.05) is 6.07 Å². The Morgan fingerprint density at radius 3 is 2.37 bits per heavy atom. The van der Waals surface area contributed by atoms with Gasteiger partial charge in [-0.1, -0.05) is 26.0 Å². The molecule has 1 aliphatic carbocycles. The molecule has 0 bridgehead atoms. The summed E-state index contributed by atoms with van der Waals surface area (Å²) in [5.74, 6) is 1.55. The minimum atomic E-state index is -0.144. The first-order valence-corrected chi connectivity index (χ1v) is 7.57. The van der Waals surface area contributed by atoms with Crippen LogP contribution in [0.1, 0.15) is 58.1 Å². The van der Waals surface area contributed by atoms with Crippen LogP contribution in [0.2, 0.25) is 0 Å². The molecule has 0 aromatic heterocycles. The molecular formula is C17H26FN. The molecule has 0 amide bonds. The van der Waals surface area contributed by atoms with Crippen LogP contribution in [-0.2, 0) is 0 Å². The molecule has 0 radical (unpaired) electrons. The number of halogens is 1. The highest BCUT2D eigenvalue weighted by atomic mass is 19.1. The number of rotatable bonds is 4. The van der Waals surface area contributed by atoms with E-state index in [9.17, 15) is 4.39 Å². The van der Waals surface area contributed by atoms with Crippen molar-refractivity contribution in [2.24, 2.45) is 11.8 Å². The Kier molecular flexibility index (Phi) is 4.98. The number of benzene rings is 1. The largest absolute Gasteiger partial charge is 0.307 e. The van der Waals surface area contributed by atoms with Gasteiger partial charge in [0, 0.05) is 12.1 Å². The third-order valence-electron chi connectivity index (χ3n) is 4.55. The summed E-state index contributed by atoms with van der Waals surface area (Å²) in [6.07, 6.45) is 5.15. The fourth-order valence-electron chi connectivity index (χ4n) is 3.18. The smallest absolute Gasteiger partial charge is 0.123 e. The summed E-state index contributed by atoms with van der Waals surface area (Å²) in [5.41, 5.74) is 1.05. The quantitative estimate of drug-likeness (QED) is 0.831. The Balaban J connectivity index is 1.85. The Morgan fingerprint density at radius 1 is 1.11 bits per heavy atom. The van der Waals surface area contributed by atoms with Crippen molar-refractivity contribution in [2.45, 2.75) is 58.5 Å². The average molecular weight is 263 g/mol. The lowest BCUT2D eigenvalue weighted by Crippen LogP contribution is -2.35. The second-order valence-electron chi connectivity index (χ2n) is 6.30. The molecule has 1 fully saturated rings. The molecular weight excluding hydrogens is 237 g/mol. The van der Waals surface area contributed by atoms with Crippen LogP contribution >= 0.6 is 0 Å². The molecule has 0 heterocycles. The first kappa shape index (κ1) is 14.5. The molecule has 1 N–H and O–H groups in total. The van der Waals surface area contributed by atoms with Crippen LogP contribution in [0.4, 0.5) is 4.39 Å². The van der Waals surface area contributed by atoms with Gasteiger partial charge < -0.3 is 5.32 Å². The van der Waals surface area contributed by atoms with Gasteiger partial charge in [0.25, 0.3) is 0 Å². The average Bonchev–Trinajstić information content (AvgIpc) is 2.39. The zero-order valence-corrected chi connectivity index (χ0v) is 12.3. The fraction of sp³-hybridized carbons (Fsp3) is 0.647. The van der Waals surface area contributed by atoms with Crippen LogP contribution < -0.4 is 5.32 Å². The summed E-state index contributed by atoms with van der Waals surface area (Å²) in [4.78, 5) is 0. The zero-order valence-electron chi connectivity index (χ0n) is 12.3. The van der Waals surface area contributed by atoms with E-state index >= 15 is 0 Å². The molecule has 1 aromatic carbocycles. The minimum Gasteiger partial charge on any atom is -0.307 e. The lowest BCUT2D eigenvalue weighted by atomic mass is 9.79. The maximum atomic E-state index is 13.2. The van der Waals surface area contributed by atoms with Crippen LogP contribution in [0.5, 0.6) is 0 Å². The van der Waals surface area contributed by atoms with Gasteiger partial charge in [-0.25, -0.2) is 4.39 Å². The predicted octanol–water partition coefficient (Wildman–Crippen LogP) is 4.69. The summed E-state index contributed by atoms with van der Waals surface area (Å²) < 4.78 is 13.2. The Hall–Kier alpha value is -0.890. The molecule has 1 unspecified atom stereocenters. The van der Waals surface area contributed by atoms with Gasteiger partial charge in [0.15, 0.2) is 0 Å². The summed E-state index contributed by atoms with van der Waals surface area (Å²) in [5, 5.41) is 3.66. The molecule has 2 rings (SSSR count). The number of hydrogen-bond acceptors (Lipinski definition) is 1. The van der Waals surface area contributed by atoms with Gasteiger partial charge in [0.05, 0.1) is 0 Å². The molecule has 1 atom stereocenters. The maximum absolute atomic E-state index is 13.2. The highest BCUT2D eigenvalue weighted by molar-refractivity contribution is 5.19. The summed E-state index contributed by atoms with van der Waals surface area (Å²) >= 11 is 0.